The lowest BCUT2D eigenvalue weighted by Gasteiger charge is -2.12. The molecule has 3 aromatic carbocycles. The molecule has 1 aromatic heterocycles. The van der Waals surface area contributed by atoms with Gasteiger partial charge in [0.05, 0.1) is 11.4 Å². The molecule has 0 N–H and O–H groups in total. The van der Waals surface area contributed by atoms with Crippen LogP contribution in [0.4, 0.5) is 13.6 Å². The Morgan fingerprint density at radius 2 is 1.68 bits per heavy atom. The van der Waals surface area contributed by atoms with Gasteiger partial charge in [-0.15, -0.1) is 0 Å². The lowest BCUT2D eigenvalue weighted by molar-refractivity contribution is -0.123. The molecule has 0 bridgehead atoms. The predicted molar refractivity (Wildman–Crippen MR) is 130 cm³/mol. The highest BCUT2D eigenvalue weighted by atomic mass is 35.5. The Hall–Kier alpha value is -3.42. The first kappa shape index (κ1) is 22.4. The van der Waals surface area contributed by atoms with E-state index >= 15 is 0 Å². The van der Waals surface area contributed by atoms with E-state index in [0.717, 1.165) is 38.7 Å². The number of aromatic nitrogens is 1. The number of amides is 2. The van der Waals surface area contributed by atoms with Crippen molar-refractivity contribution in [1.82, 2.24) is 9.47 Å². The van der Waals surface area contributed by atoms with Crippen LogP contribution in [0.2, 0.25) is 5.02 Å². The van der Waals surface area contributed by atoms with Crippen molar-refractivity contribution < 1.29 is 18.4 Å². The van der Waals surface area contributed by atoms with Gasteiger partial charge in [0.15, 0.2) is 0 Å². The van der Waals surface area contributed by atoms with E-state index in [2.05, 4.69) is 0 Å². The standard InChI is InChI=1S/C26H17ClF2N2O2S/c27-21-12-19(28)10-9-16(21)13-30-14-18(20-6-2-4-8-23(20)30)11-24-25(32)31(26(33)34-24)15-17-5-1-3-7-22(17)29/h1-12,14H,13,15H2/b24-11-. The van der Waals surface area contributed by atoms with Gasteiger partial charge < -0.3 is 4.57 Å². The van der Waals surface area contributed by atoms with E-state index in [-0.39, 0.29) is 17.0 Å². The van der Waals surface area contributed by atoms with Crippen LogP contribution in [0, 0.1) is 11.6 Å². The third-order valence-electron chi connectivity index (χ3n) is 5.62. The lowest BCUT2D eigenvalue weighted by Crippen LogP contribution is -2.27. The fourth-order valence-corrected chi connectivity index (χ4v) is 4.99. The van der Waals surface area contributed by atoms with Gasteiger partial charge in [-0.25, -0.2) is 8.78 Å². The number of para-hydroxylation sites is 1. The number of hydrogen-bond acceptors (Lipinski definition) is 3. The Labute approximate surface area is 203 Å². The molecule has 4 aromatic rings. The van der Waals surface area contributed by atoms with Crippen molar-refractivity contribution >= 4 is 51.5 Å². The van der Waals surface area contributed by atoms with E-state index in [0.29, 0.717) is 11.6 Å². The highest BCUT2D eigenvalue weighted by Crippen LogP contribution is 2.35. The second kappa shape index (κ2) is 9.08. The molecule has 0 spiro atoms. The van der Waals surface area contributed by atoms with E-state index in [1.54, 1.807) is 30.3 Å². The highest BCUT2D eigenvalue weighted by Gasteiger charge is 2.35. The quantitative estimate of drug-likeness (QED) is 0.285. The molecular weight excluding hydrogens is 478 g/mol. The number of fused-ring (bicyclic) bond motifs is 1. The molecule has 0 radical (unpaired) electrons. The fraction of sp³-hybridized carbons (Fsp3) is 0.0769. The van der Waals surface area contributed by atoms with Crippen LogP contribution in [-0.2, 0) is 17.9 Å². The lowest BCUT2D eigenvalue weighted by atomic mass is 10.1. The Morgan fingerprint density at radius 3 is 2.47 bits per heavy atom. The van der Waals surface area contributed by atoms with Gasteiger partial charge in [-0.05, 0) is 47.7 Å². The maximum absolute atomic E-state index is 14.0. The Balaban J connectivity index is 1.48. The van der Waals surface area contributed by atoms with E-state index in [4.69, 9.17) is 11.6 Å². The summed E-state index contributed by atoms with van der Waals surface area (Å²) in [4.78, 5) is 26.8. The van der Waals surface area contributed by atoms with E-state index in [9.17, 15) is 18.4 Å². The second-order valence-electron chi connectivity index (χ2n) is 7.82. The second-order valence-corrected chi connectivity index (χ2v) is 9.22. The molecule has 34 heavy (non-hydrogen) atoms. The number of rotatable bonds is 5. The van der Waals surface area contributed by atoms with Crippen molar-refractivity contribution in [2.24, 2.45) is 0 Å². The molecular formula is C26H17ClF2N2O2S. The average Bonchev–Trinajstić information content (AvgIpc) is 3.29. The molecule has 0 atom stereocenters. The van der Waals surface area contributed by atoms with Crippen molar-refractivity contribution in [3.05, 3.63) is 111 Å². The smallest absolute Gasteiger partial charge is 0.293 e. The summed E-state index contributed by atoms with van der Waals surface area (Å²) in [5.74, 6) is -1.33. The fourth-order valence-electron chi connectivity index (χ4n) is 3.93. The molecule has 4 nitrogen and oxygen atoms in total. The molecule has 170 valence electrons. The first-order valence-electron chi connectivity index (χ1n) is 10.4. The van der Waals surface area contributed by atoms with Crippen LogP contribution in [0.15, 0.2) is 77.8 Å². The summed E-state index contributed by atoms with van der Waals surface area (Å²) in [6, 6.07) is 18.0. The van der Waals surface area contributed by atoms with E-state index in [1.807, 2.05) is 35.0 Å². The van der Waals surface area contributed by atoms with Crippen molar-refractivity contribution in [2.75, 3.05) is 0 Å². The molecule has 1 saturated heterocycles. The molecule has 1 fully saturated rings. The Morgan fingerprint density at radius 1 is 0.912 bits per heavy atom. The molecule has 1 aliphatic heterocycles. The predicted octanol–water partition coefficient (Wildman–Crippen LogP) is 6.86. The summed E-state index contributed by atoms with van der Waals surface area (Å²) in [6.07, 6.45) is 3.55. The molecule has 0 aliphatic carbocycles. The zero-order chi connectivity index (χ0) is 23.8. The number of hydrogen-bond donors (Lipinski definition) is 0. The Bertz CT molecular complexity index is 1480. The SMILES string of the molecule is O=C1S/C(=C\c2cn(Cc3ccc(F)cc3Cl)c3ccccc23)C(=O)N1Cc1ccccc1F. The number of halogens is 3. The van der Waals surface area contributed by atoms with Crippen LogP contribution in [0.3, 0.4) is 0 Å². The van der Waals surface area contributed by atoms with Gasteiger partial charge in [-0.2, -0.15) is 0 Å². The topological polar surface area (TPSA) is 42.3 Å². The summed E-state index contributed by atoms with van der Waals surface area (Å²) in [6.45, 7) is 0.279. The number of carbonyl (C=O) groups excluding carboxylic acids is 2. The first-order chi connectivity index (χ1) is 16.4. The minimum atomic E-state index is -0.465. The summed E-state index contributed by atoms with van der Waals surface area (Å²) in [7, 11) is 0. The van der Waals surface area contributed by atoms with Gasteiger partial charge in [0.25, 0.3) is 11.1 Å². The maximum atomic E-state index is 14.0. The van der Waals surface area contributed by atoms with Crippen molar-refractivity contribution in [3.8, 4) is 0 Å². The highest BCUT2D eigenvalue weighted by molar-refractivity contribution is 8.18. The summed E-state index contributed by atoms with van der Waals surface area (Å²) >= 11 is 7.05. The van der Waals surface area contributed by atoms with Crippen LogP contribution in [0.1, 0.15) is 16.7 Å². The van der Waals surface area contributed by atoms with Crippen LogP contribution >= 0.6 is 23.4 Å². The monoisotopic (exact) mass is 494 g/mol. The third kappa shape index (κ3) is 4.24. The average molecular weight is 495 g/mol. The Kier molecular flexibility index (Phi) is 5.98. The number of carbonyl (C=O) groups is 2. The van der Waals surface area contributed by atoms with Gasteiger partial charge >= 0.3 is 0 Å². The van der Waals surface area contributed by atoms with Gasteiger partial charge in [-0.3, -0.25) is 14.5 Å². The summed E-state index contributed by atoms with van der Waals surface area (Å²) in [5, 5.41) is 0.775. The largest absolute Gasteiger partial charge is 0.342 e. The summed E-state index contributed by atoms with van der Waals surface area (Å²) < 4.78 is 29.5. The van der Waals surface area contributed by atoms with Crippen LogP contribution in [-0.4, -0.2) is 20.6 Å². The van der Waals surface area contributed by atoms with Gasteiger partial charge in [0.1, 0.15) is 11.6 Å². The number of thioether (sulfide) groups is 1. The van der Waals surface area contributed by atoms with Gasteiger partial charge in [0.2, 0.25) is 0 Å². The van der Waals surface area contributed by atoms with Crippen molar-refractivity contribution in [1.29, 1.82) is 0 Å². The zero-order valence-electron chi connectivity index (χ0n) is 17.7. The molecule has 5 rings (SSSR count). The van der Waals surface area contributed by atoms with Gasteiger partial charge in [-0.1, -0.05) is 54.1 Å². The van der Waals surface area contributed by atoms with Crippen LogP contribution in [0.25, 0.3) is 17.0 Å². The van der Waals surface area contributed by atoms with E-state index < -0.39 is 22.8 Å². The molecule has 2 heterocycles. The van der Waals surface area contributed by atoms with Crippen LogP contribution in [0.5, 0.6) is 0 Å². The number of nitrogens with zero attached hydrogens (tertiary/aromatic N) is 2. The third-order valence-corrected chi connectivity index (χ3v) is 6.88. The minimum Gasteiger partial charge on any atom is -0.342 e. The molecule has 0 unspecified atom stereocenters. The maximum Gasteiger partial charge on any atom is 0.293 e. The van der Waals surface area contributed by atoms with Gasteiger partial charge in [0, 0.05) is 39.8 Å². The van der Waals surface area contributed by atoms with Crippen molar-refractivity contribution in [2.45, 2.75) is 13.1 Å². The summed E-state index contributed by atoms with van der Waals surface area (Å²) in [5.41, 5.74) is 2.68. The molecule has 2 amide bonds. The molecule has 0 saturated carbocycles. The van der Waals surface area contributed by atoms with E-state index in [1.165, 1.54) is 18.2 Å². The zero-order valence-corrected chi connectivity index (χ0v) is 19.2. The molecule has 1 aliphatic rings. The normalized spacial score (nSPS) is 15.1. The first-order valence-corrected chi connectivity index (χ1v) is 11.6. The van der Waals surface area contributed by atoms with Crippen molar-refractivity contribution in [3.63, 3.8) is 0 Å². The minimum absolute atomic E-state index is 0.125. The van der Waals surface area contributed by atoms with Crippen LogP contribution < -0.4 is 0 Å². The number of imide groups is 1. The number of benzene rings is 3. The molecule has 8 heteroatoms.